The lowest BCUT2D eigenvalue weighted by atomic mass is 9.98. The van der Waals surface area contributed by atoms with Crippen LogP contribution in [0.2, 0.25) is 0 Å². The molecule has 0 atom stereocenters. The Morgan fingerprint density at radius 1 is 1.32 bits per heavy atom. The third-order valence-corrected chi connectivity index (χ3v) is 3.85. The maximum absolute atomic E-state index is 4.43. The summed E-state index contributed by atoms with van der Waals surface area (Å²) in [5.74, 6) is 0.849. The second-order valence-electron chi connectivity index (χ2n) is 6.41. The lowest BCUT2D eigenvalue weighted by Crippen LogP contribution is -2.49. The standard InChI is InChI=1S/C15H26N4/c1-12-16-8-5-14(18-12)11-17-13-6-9-19(10-7-13)15(2,3)4/h5,8,13,17H,6-7,9-11H2,1-4H3. The quantitative estimate of drug-likeness (QED) is 0.906. The van der Waals surface area contributed by atoms with Gasteiger partial charge in [0.2, 0.25) is 0 Å². The van der Waals surface area contributed by atoms with Gasteiger partial charge in [0, 0.05) is 37.4 Å². The summed E-state index contributed by atoms with van der Waals surface area (Å²) in [6, 6.07) is 2.61. The molecule has 1 fully saturated rings. The zero-order valence-corrected chi connectivity index (χ0v) is 12.6. The van der Waals surface area contributed by atoms with E-state index in [-0.39, 0.29) is 0 Å². The fraction of sp³-hybridized carbons (Fsp3) is 0.733. The van der Waals surface area contributed by atoms with Gasteiger partial charge in [-0.1, -0.05) is 0 Å². The van der Waals surface area contributed by atoms with Gasteiger partial charge in [0.15, 0.2) is 0 Å². The van der Waals surface area contributed by atoms with Crippen LogP contribution >= 0.6 is 0 Å². The third kappa shape index (κ3) is 4.25. The Hall–Kier alpha value is -1.00. The molecule has 0 aromatic carbocycles. The number of aryl methyl sites for hydroxylation is 1. The minimum Gasteiger partial charge on any atom is -0.308 e. The Morgan fingerprint density at radius 2 is 2.00 bits per heavy atom. The molecule has 4 heteroatoms. The van der Waals surface area contributed by atoms with Crippen LogP contribution in [0.25, 0.3) is 0 Å². The molecule has 0 spiro atoms. The summed E-state index contributed by atoms with van der Waals surface area (Å²) >= 11 is 0. The Bertz CT molecular complexity index is 403. The molecule has 2 heterocycles. The summed E-state index contributed by atoms with van der Waals surface area (Å²) in [7, 11) is 0. The van der Waals surface area contributed by atoms with Gasteiger partial charge in [0.05, 0.1) is 5.69 Å². The predicted octanol–water partition coefficient (Wildman–Crippen LogP) is 2.14. The molecule has 0 radical (unpaired) electrons. The average Bonchev–Trinajstić information content (AvgIpc) is 2.36. The fourth-order valence-electron chi connectivity index (χ4n) is 2.61. The van der Waals surface area contributed by atoms with Crippen molar-refractivity contribution in [3.8, 4) is 0 Å². The molecule has 1 aromatic rings. The van der Waals surface area contributed by atoms with E-state index in [2.05, 4.69) is 41.0 Å². The second-order valence-corrected chi connectivity index (χ2v) is 6.41. The van der Waals surface area contributed by atoms with Gasteiger partial charge in [-0.05, 0) is 46.6 Å². The minimum atomic E-state index is 0.300. The van der Waals surface area contributed by atoms with E-state index in [0.717, 1.165) is 18.1 Å². The van der Waals surface area contributed by atoms with Crippen molar-refractivity contribution < 1.29 is 0 Å². The molecule has 1 aromatic heterocycles. The molecule has 1 saturated heterocycles. The molecule has 2 rings (SSSR count). The molecule has 0 unspecified atom stereocenters. The van der Waals surface area contributed by atoms with E-state index in [0.29, 0.717) is 11.6 Å². The highest BCUT2D eigenvalue weighted by atomic mass is 15.2. The van der Waals surface area contributed by atoms with Crippen LogP contribution in [0.3, 0.4) is 0 Å². The van der Waals surface area contributed by atoms with E-state index in [9.17, 15) is 0 Å². The van der Waals surface area contributed by atoms with Gasteiger partial charge in [-0.2, -0.15) is 0 Å². The van der Waals surface area contributed by atoms with E-state index in [4.69, 9.17) is 0 Å². The fourth-order valence-corrected chi connectivity index (χ4v) is 2.61. The number of likely N-dealkylation sites (tertiary alicyclic amines) is 1. The molecule has 106 valence electrons. The molecule has 1 N–H and O–H groups in total. The summed E-state index contributed by atoms with van der Waals surface area (Å²) in [4.78, 5) is 11.1. The van der Waals surface area contributed by atoms with Crippen molar-refractivity contribution in [3.63, 3.8) is 0 Å². The number of nitrogens with zero attached hydrogens (tertiary/aromatic N) is 3. The molecule has 0 bridgehead atoms. The van der Waals surface area contributed by atoms with Gasteiger partial charge in [-0.3, -0.25) is 4.90 Å². The maximum atomic E-state index is 4.43. The largest absolute Gasteiger partial charge is 0.308 e. The van der Waals surface area contributed by atoms with Gasteiger partial charge in [0.1, 0.15) is 5.82 Å². The third-order valence-electron chi connectivity index (χ3n) is 3.85. The molecule has 0 amide bonds. The lowest BCUT2D eigenvalue weighted by Gasteiger charge is -2.41. The number of piperidine rings is 1. The molecule has 19 heavy (non-hydrogen) atoms. The summed E-state index contributed by atoms with van der Waals surface area (Å²) in [6.07, 6.45) is 4.28. The van der Waals surface area contributed by atoms with Crippen molar-refractivity contribution in [2.45, 2.75) is 58.7 Å². The maximum Gasteiger partial charge on any atom is 0.125 e. The summed E-state index contributed by atoms with van der Waals surface area (Å²) < 4.78 is 0. The first-order chi connectivity index (χ1) is 8.95. The van der Waals surface area contributed by atoms with Crippen LogP contribution in [0.15, 0.2) is 12.3 Å². The van der Waals surface area contributed by atoms with Crippen molar-refractivity contribution in [2.75, 3.05) is 13.1 Å². The van der Waals surface area contributed by atoms with Gasteiger partial charge < -0.3 is 5.32 Å². The minimum absolute atomic E-state index is 0.300. The van der Waals surface area contributed by atoms with E-state index < -0.39 is 0 Å². The highest BCUT2D eigenvalue weighted by Crippen LogP contribution is 2.20. The number of hydrogen-bond donors (Lipinski definition) is 1. The van der Waals surface area contributed by atoms with Gasteiger partial charge in [-0.25, -0.2) is 9.97 Å². The highest BCUT2D eigenvalue weighted by Gasteiger charge is 2.26. The Labute approximate surface area is 116 Å². The van der Waals surface area contributed by atoms with Gasteiger partial charge in [-0.15, -0.1) is 0 Å². The number of hydrogen-bond acceptors (Lipinski definition) is 4. The summed E-state index contributed by atoms with van der Waals surface area (Å²) in [5, 5.41) is 3.62. The van der Waals surface area contributed by atoms with E-state index in [1.165, 1.54) is 25.9 Å². The number of rotatable bonds is 3. The summed E-state index contributed by atoms with van der Waals surface area (Å²) in [5.41, 5.74) is 1.39. The van der Waals surface area contributed by atoms with Crippen LogP contribution < -0.4 is 5.32 Å². The number of nitrogens with one attached hydrogen (secondary N) is 1. The van der Waals surface area contributed by atoms with Crippen molar-refractivity contribution >= 4 is 0 Å². The number of aromatic nitrogens is 2. The first kappa shape index (κ1) is 14.4. The van der Waals surface area contributed by atoms with E-state index in [1.54, 1.807) is 0 Å². The smallest absolute Gasteiger partial charge is 0.125 e. The Kier molecular flexibility index (Phi) is 4.53. The monoisotopic (exact) mass is 262 g/mol. The van der Waals surface area contributed by atoms with Crippen molar-refractivity contribution in [2.24, 2.45) is 0 Å². The first-order valence-electron chi connectivity index (χ1n) is 7.22. The average molecular weight is 262 g/mol. The lowest BCUT2D eigenvalue weighted by molar-refractivity contribution is 0.0959. The molecule has 0 saturated carbocycles. The van der Waals surface area contributed by atoms with E-state index >= 15 is 0 Å². The first-order valence-corrected chi connectivity index (χ1v) is 7.22. The van der Waals surface area contributed by atoms with Crippen LogP contribution in [0.1, 0.15) is 45.1 Å². The van der Waals surface area contributed by atoms with E-state index in [1.807, 2.05) is 19.2 Å². The Morgan fingerprint density at radius 3 is 2.58 bits per heavy atom. The van der Waals surface area contributed by atoms with Crippen molar-refractivity contribution in [1.82, 2.24) is 20.2 Å². The molecule has 4 nitrogen and oxygen atoms in total. The van der Waals surface area contributed by atoms with Crippen LogP contribution in [-0.4, -0.2) is 39.5 Å². The molecule has 0 aliphatic carbocycles. The van der Waals surface area contributed by atoms with Crippen molar-refractivity contribution in [3.05, 3.63) is 23.8 Å². The Balaban J connectivity index is 1.77. The summed E-state index contributed by atoms with van der Waals surface area (Å²) in [6.45, 7) is 12.0. The molecular formula is C15H26N4. The molecule has 1 aliphatic heterocycles. The topological polar surface area (TPSA) is 41.1 Å². The van der Waals surface area contributed by atoms with Crippen LogP contribution in [0.5, 0.6) is 0 Å². The molecular weight excluding hydrogens is 236 g/mol. The second kappa shape index (κ2) is 5.97. The van der Waals surface area contributed by atoms with Crippen LogP contribution in [-0.2, 0) is 6.54 Å². The SMILES string of the molecule is Cc1nccc(CNC2CCN(C(C)(C)C)CC2)n1. The van der Waals surface area contributed by atoms with Crippen molar-refractivity contribution in [1.29, 1.82) is 0 Å². The van der Waals surface area contributed by atoms with Gasteiger partial charge in [0.25, 0.3) is 0 Å². The predicted molar refractivity (Wildman–Crippen MR) is 78.0 cm³/mol. The van der Waals surface area contributed by atoms with Gasteiger partial charge >= 0.3 is 0 Å². The van der Waals surface area contributed by atoms with Crippen LogP contribution in [0.4, 0.5) is 0 Å². The highest BCUT2D eigenvalue weighted by molar-refractivity contribution is 5.01. The zero-order valence-electron chi connectivity index (χ0n) is 12.6. The molecule has 1 aliphatic rings. The van der Waals surface area contributed by atoms with Crippen LogP contribution in [0, 0.1) is 6.92 Å². The normalized spacial score (nSPS) is 18.7. The zero-order chi connectivity index (χ0) is 13.9.